The topological polar surface area (TPSA) is 55.2 Å². The van der Waals surface area contributed by atoms with Crippen molar-refractivity contribution in [2.75, 3.05) is 7.05 Å². The zero-order chi connectivity index (χ0) is 22.8. The number of amides is 1. The van der Waals surface area contributed by atoms with Crippen molar-refractivity contribution in [3.8, 4) is 0 Å². The first-order chi connectivity index (χ1) is 16.1. The van der Waals surface area contributed by atoms with Gasteiger partial charge in [0.2, 0.25) is 5.91 Å². The second kappa shape index (κ2) is 8.71. The van der Waals surface area contributed by atoms with Crippen LogP contribution in [0, 0.1) is 0 Å². The minimum atomic E-state index is -0.322. The molecule has 5 nitrogen and oxygen atoms in total. The van der Waals surface area contributed by atoms with Gasteiger partial charge in [0, 0.05) is 24.0 Å². The first-order valence-electron chi connectivity index (χ1n) is 10.9. The maximum Gasteiger partial charge on any atom is 0.243 e. The highest BCUT2D eigenvalue weighted by Crippen LogP contribution is 2.27. The minimum absolute atomic E-state index is 0.0195. The van der Waals surface area contributed by atoms with Gasteiger partial charge >= 0.3 is 0 Å². The maximum absolute atomic E-state index is 13.7. The van der Waals surface area contributed by atoms with Gasteiger partial charge in [-0.1, -0.05) is 60.7 Å². The number of rotatable bonds is 5. The Labute approximate surface area is 191 Å². The molecule has 5 heteroatoms. The van der Waals surface area contributed by atoms with E-state index in [1.807, 2.05) is 109 Å². The summed E-state index contributed by atoms with van der Waals surface area (Å²) in [4.78, 5) is 33.0. The summed E-state index contributed by atoms with van der Waals surface area (Å²) in [6.07, 6.45) is 1.74. The van der Waals surface area contributed by atoms with E-state index >= 15 is 0 Å². The Hall–Kier alpha value is -4.25. The molecule has 33 heavy (non-hydrogen) atoms. The summed E-state index contributed by atoms with van der Waals surface area (Å²) in [6.45, 7) is 0.105. The maximum atomic E-state index is 13.7. The molecule has 2 aromatic heterocycles. The van der Waals surface area contributed by atoms with Crippen LogP contribution in [0.5, 0.6) is 0 Å². The number of likely N-dealkylation sites (N-methyl/N-ethyl adjacent to an activating group) is 1. The molecule has 0 spiro atoms. The van der Waals surface area contributed by atoms with Crippen LogP contribution in [-0.2, 0) is 11.3 Å². The second-order valence-corrected chi connectivity index (χ2v) is 8.02. The monoisotopic (exact) mass is 433 g/mol. The molecule has 5 rings (SSSR count). The number of carbonyl (C=O) groups excluding carboxylic acids is 1. The van der Waals surface area contributed by atoms with Crippen molar-refractivity contribution in [1.29, 1.82) is 0 Å². The number of carbonyl (C=O) groups is 1. The van der Waals surface area contributed by atoms with Crippen molar-refractivity contribution in [3.63, 3.8) is 0 Å². The van der Waals surface area contributed by atoms with E-state index in [0.29, 0.717) is 10.8 Å². The van der Waals surface area contributed by atoms with Crippen molar-refractivity contribution in [1.82, 2.24) is 14.5 Å². The molecule has 1 atom stereocenters. The predicted octanol–water partition coefficient (Wildman–Crippen LogP) is 4.80. The molecule has 5 aromatic rings. The molecular formula is C28H23N3O2. The normalized spacial score (nSPS) is 12.0. The second-order valence-electron chi connectivity index (χ2n) is 8.02. The fourth-order valence-electron chi connectivity index (χ4n) is 4.40. The van der Waals surface area contributed by atoms with Crippen molar-refractivity contribution in [2.24, 2.45) is 0 Å². The molecule has 0 N–H and O–H groups in total. The van der Waals surface area contributed by atoms with Crippen LogP contribution in [0.4, 0.5) is 0 Å². The molecule has 0 aliphatic carbocycles. The third-order valence-corrected chi connectivity index (χ3v) is 6.04. The van der Waals surface area contributed by atoms with Crippen LogP contribution in [0.15, 0.2) is 108 Å². The summed E-state index contributed by atoms with van der Waals surface area (Å²) in [6, 6.07) is 30.2. The van der Waals surface area contributed by atoms with Crippen molar-refractivity contribution >= 4 is 27.7 Å². The Morgan fingerprint density at radius 1 is 0.818 bits per heavy atom. The van der Waals surface area contributed by atoms with E-state index in [1.165, 1.54) is 0 Å². The van der Waals surface area contributed by atoms with E-state index in [9.17, 15) is 9.59 Å². The predicted molar refractivity (Wildman–Crippen MR) is 131 cm³/mol. The van der Waals surface area contributed by atoms with Gasteiger partial charge in [-0.15, -0.1) is 0 Å². The quantitative estimate of drug-likeness (QED) is 0.374. The Morgan fingerprint density at radius 3 is 2.00 bits per heavy atom. The zero-order valence-corrected chi connectivity index (χ0v) is 18.3. The van der Waals surface area contributed by atoms with Gasteiger partial charge in [0.25, 0.3) is 0 Å². The molecule has 0 radical (unpaired) electrons. The number of para-hydroxylation sites is 2. The molecule has 0 aliphatic rings. The summed E-state index contributed by atoms with van der Waals surface area (Å²) in [7, 11) is 1.81. The number of hydrogen-bond acceptors (Lipinski definition) is 3. The van der Waals surface area contributed by atoms with Gasteiger partial charge in [-0.25, -0.2) is 0 Å². The Balaban J connectivity index is 1.60. The molecule has 162 valence electrons. The third-order valence-electron chi connectivity index (χ3n) is 6.04. The molecule has 0 aliphatic heterocycles. The highest BCUT2D eigenvalue weighted by molar-refractivity contribution is 5.94. The number of nitrogens with zero attached hydrogens (tertiary/aromatic N) is 3. The first-order valence-corrected chi connectivity index (χ1v) is 10.9. The summed E-state index contributed by atoms with van der Waals surface area (Å²) >= 11 is 0. The number of benzene rings is 3. The van der Waals surface area contributed by atoms with E-state index in [1.54, 1.807) is 11.1 Å². The van der Waals surface area contributed by atoms with E-state index < -0.39 is 0 Å². The number of pyridine rings is 2. The van der Waals surface area contributed by atoms with Gasteiger partial charge in [-0.05, 0) is 42.0 Å². The van der Waals surface area contributed by atoms with Gasteiger partial charge < -0.3 is 9.47 Å². The highest BCUT2D eigenvalue weighted by Gasteiger charge is 2.25. The molecule has 0 bridgehead atoms. The summed E-state index contributed by atoms with van der Waals surface area (Å²) in [5.74, 6) is -0.0755. The van der Waals surface area contributed by atoms with E-state index in [4.69, 9.17) is 0 Å². The SMILES string of the molecule is CN(C(=O)Cn1c2ccccc2c(=O)c2ccccc21)C(c1ccccc1)c1ccccn1. The molecule has 0 fully saturated rings. The van der Waals surface area contributed by atoms with Crippen molar-refractivity contribution < 1.29 is 4.79 Å². The molecular weight excluding hydrogens is 410 g/mol. The minimum Gasteiger partial charge on any atom is -0.331 e. The van der Waals surface area contributed by atoms with Crippen LogP contribution >= 0.6 is 0 Å². The van der Waals surface area contributed by atoms with Gasteiger partial charge in [0.05, 0.1) is 22.8 Å². The highest BCUT2D eigenvalue weighted by atomic mass is 16.2. The van der Waals surface area contributed by atoms with E-state index in [0.717, 1.165) is 22.3 Å². The molecule has 1 amide bonds. The lowest BCUT2D eigenvalue weighted by Crippen LogP contribution is -2.35. The summed E-state index contributed by atoms with van der Waals surface area (Å²) in [5.41, 5.74) is 3.26. The number of hydrogen-bond donors (Lipinski definition) is 0. The standard InChI is InChI=1S/C28H23N3O2/c1-30(27(20-11-3-2-4-12-20)23-15-9-10-18-29-23)26(32)19-31-24-16-7-5-13-21(24)28(33)22-14-6-8-17-25(22)31/h2-18,27H,19H2,1H3. The Morgan fingerprint density at radius 2 is 1.39 bits per heavy atom. The first kappa shape index (κ1) is 20.6. The van der Waals surface area contributed by atoms with Crippen LogP contribution in [0.25, 0.3) is 21.8 Å². The summed E-state index contributed by atoms with van der Waals surface area (Å²) in [5, 5.41) is 1.21. The van der Waals surface area contributed by atoms with Crippen molar-refractivity contribution in [3.05, 3.63) is 125 Å². The average molecular weight is 434 g/mol. The van der Waals surface area contributed by atoms with Crippen LogP contribution in [0.1, 0.15) is 17.3 Å². The fourth-order valence-corrected chi connectivity index (χ4v) is 4.40. The summed E-state index contributed by atoms with van der Waals surface area (Å²) < 4.78 is 1.94. The van der Waals surface area contributed by atoms with Gasteiger partial charge in [0.1, 0.15) is 6.54 Å². The third kappa shape index (κ3) is 3.78. The lowest BCUT2D eigenvalue weighted by atomic mass is 10.0. The van der Waals surface area contributed by atoms with Gasteiger partial charge in [-0.3, -0.25) is 14.6 Å². The Bertz CT molecular complexity index is 1390. The lowest BCUT2D eigenvalue weighted by molar-refractivity contribution is -0.132. The zero-order valence-electron chi connectivity index (χ0n) is 18.3. The van der Waals surface area contributed by atoms with Crippen LogP contribution in [0.3, 0.4) is 0 Å². The largest absolute Gasteiger partial charge is 0.331 e. The molecule has 0 saturated carbocycles. The van der Waals surface area contributed by atoms with Crippen molar-refractivity contribution in [2.45, 2.75) is 12.6 Å². The average Bonchev–Trinajstić information content (AvgIpc) is 2.88. The van der Waals surface area contributed by atoms with E-state index in [-0.39, 0.29) is 23.9 Å². The lowest BCUT2D eigenvalue weighted by Gasteiger charge is -2.29. The Kier molecular flexibility index (Phi) is 5.45. The van der Waals surface area contributed by atoms with Crippen LogP contribution in [-0.4, -0.2) is 27.4 Å². The number of aromatic nitrogens is 2. The smallest absolute Gasteiger partial charge is 0.243 e. The van der Waals surface area contributed by atoms with Crippen LogP contribution < -0.4 is 5.43 Å². The molecule has 2 heterocycles. The number of fused-ring (bicyclic) bond motifs is 2. The van der Waals surface area contributed by atoms with Crippen LogP contribution in [0.2, 0.25) is 0 Å². The van der Waals surface area contributed by atoms with Gasteiger partial charge in [0.15, 0.2) is 5.43 Å². The fraction of sp³-hybridized carbons (Fsp3) is 0.107. The molecule has 0 saturated heterocycles. The van der Waals surface area contributed by atoms with E-state index in [2.05, 4.69) is 4.98 Å². The molecule has 1 unspecified atom stereocenters. The molecule has 3 aromatic carbocycles. The van der Waals surface area contributed by atoms with Gasteiger partial charge in [-0.2, -0.15) is 0 Å².